The van der Waals surface area contributed by atoms with Crippen molar-refractivity contribution in [3.05, 3.63) is 65.7 Å². The standard InChI is InChI=1S/C14H12NO/c1-15-13-9-7-12(8-10-13)14(16)11-5-3-2-4-6-11/h2-9,15H,1H3. The number of carbonyl (C=O) groups is 1. The molecule has 2 aromatic rings. The Hall–Kier alpha value is -2.09. The molecule has 0 bridgehead atoms. The summed E-state index contributed by atoms with van der Waals surface area (Å²) in [5.74, 6) is 0.0273. The fraction of sp³-hybridized carbons (Fsp3) is 0.0714. The highest BCUT2D eigenvalue weighted by Gasteiger charge is 2.07. The number of hydrogen-bond donors (Lipinski definition) is 1. The highest BCUT2D eigenvalue weighted by molar-refractivity contribution is 6.09. The number of anilines is 1. The van der Waals surface area contributed by atoms with Crippen molar-refractivity contribution in [2.24, 2.45) is 0 Å². The van der Waals surface area contributed by atoms with E-state index in [9.17, 15) is 4.79 Å². The molecule has 0 unspecified atom stereocenters. The molecule has 0 saturated heterocycles. The van der Waals surface area contributed by atoms with E-state index in [1.165, 1.54) is 0 Å². The van der Waals surface area contributed by atoms with E-state index < -0.39 is 0 Å². The molecule has 0 atom stereocenters. The van der Waals surface area contributed by atoms with E-state index in [-0.39, 0.29) is 5.78 Å². The minimum Gasteiger partial charge on any atom is -0.388 e. The lowest BCUT2D eigenvalue weighted by Gasteiger charge is -2.02. The second-order valence-electron chi connectivity index (χ2n) is 3.44. The molecule has 1 radical (unpaired) electrons. The van der Waals surface area contributed by atoms with Crippen LogP contribution >= 0.6 is 0 Å². The number of ketones is 1. The Kier molecular flexibility index (Phi) is 3.01. The Balaban J connectivity index is 2.28. The monoisotopic (exact) mass is 210 g/mol. The molecule has 0 aliphatic carbocycles. The second-order valence-corrected chi connectivity index (χ2v) is 3.44. The van der Waals surface area contributed by atoms with Gasteiger partial charge in [-0.15, -0.1) is 0 Å². The number of carbonyl (C=O) groups excluding carboxylic acids is 1. The maximum absolute atomic E-state index is 12.0. The average Bonchev–Trinajstić information content (AvgIpc) is 2.39. The van der Waals surface area contributed by atoms with Crippen molar-refractivity contribution < 1.29 is 4.79 Å². The molecule has 2 heteroatoms. The third kappa shape index (κ3) is 2.11. The summed E-state index contributed by atoms with van der Waals surface area (Å²) in [5.41, 5.74) is 2.24. The molecular weight excluding hydrogens is 198 g/mol. The Morgan fingerprint density at radius 1 is 1.06 bits per heavy atom. The third-order valence-electron chi connectivity index (χ3n) is 2.38. The largest absolute Gasteiger partial charge is 0.388 e. The van der Waals surface area contributed by atoms with Gasteiger partial charge in [-0.05, 0) is 18.2 Å². The molecule has 2 aromatic carbocycles. The van der Waals surface area contributed by atoms with Crippen molar-refractivity contribution in [1.82, 2.24) is 0 Å². The van der Waals surface area contributed by atoms with Gasteiger partial charge >= 0.3 is 0 Å². The van der Waals surface area contributed by atoms with Crippen LogP contribution in [0.4, 0.5) is 5.69 Å². The molecule has 0 heterocycles. The van der Waals surface area contributed by atoms with Gasteiger partial charge in [-0.1, -0.05) is 30.3 Å². The quantitative estimate of drug-likeness (QED) is 0.789. The average molecular weight is 210 g/mol. The van der Waals surface area contributed by atoms with E-state index in [1.54, 1.807) is 12.1 Å². The fourth-order valence-corrected chi connectivity index (χ4v) is 1.48. The normalized spacial score (nSPS) is 9.81. The molecular formula is C14H12NO. The molecule has 0 amide bonds. The van der Waals surface area contributed by atoms with E-state index in [2.05, 4.69) is 11.4 Å². The lowest BCUT2D eigenvalue weighted by atomic mass is 10.0. The van der Waals surface area contributed by atoms with Crippen LogP contribution in [-0.2, 0) is 0 Å². The summed E-state index contributed by atoms with van der Waals surface area (Å²) in [6.07, 6.45) is 0. The molecule has 2 nitrogen and oxygen atoms in total. The van der Waals surface area contributed by atoms with E-state index in [0.717, 1.165) is 5.69 Å². The van der Waals surface area contributed by atoms with Crippen LogP contribution in [0.15, 0.2) is 48.5 Å². The van der Waals surface area contributed by atoms with E-state index in [4.69, 9.17) is 0 Å². The first kappa shape index (κ1) is 10.4. The highest BCUT2D eigenvalue weighted by atomic mass is 16.1. The first-order valence-corrected chi connectivity index (χ1v) is 5.10. The Labute approximate surface area is 94.9 Å². The van der Waals surface area contributed by atoms with Gasteiger partial charge in [0.1, 0.15) is 0 Å². The van der Waals surface area contributed by atoms with Crippen LogP contribution in [0.1, 0.15) is 15.9 Å². The van der Waals surface area contributed by atoms with Gasteiger partial charge in [-0.2, -0.15) is 0 Å². The predicted molar refractivity (Wildman–Crippen MR) is 64.7 cm³/mol. The lowest BCUT2D eigenvalue weighted by molar-refractivity contribution is 0.103. The van der Waals surface area contributed by atoms with Gasteiger partial charge in [0.15, 0.2) is 5.78 Å². The van der Waals surface area contributed by atoms with Crippen LogP contribution in [0, 0.1) is 6.07 Å². The van der Waals surface area contributed by atoms with Crippen LogP contribution in [0.3, 0.4) is 0 Å². The molecule has 2 rings (SSSR count). The zero-order chi connectivity index (χ0) is 11.4. The van der Waals surface area contributed by atoms with Gasteiger partial charge in [0, 0.05) is 29.9 Å². The van der Waals surface area contributed by atoms with Gasteiger partial charge in [0.25, 0.3) is 0 Å². The van der Waals surface area contributed by atoms with Crippen LogP contribution < -0.4 is 5.32 Å². The molecule has 0 aromatic heterocycles. The van der Waals surface area contributed by atoms with Crippen LogP contribution in [0.2, 0.25) is 0 Å². The van der Waals surface area contributed by atoms with Crippen LogP contribution in [0.5, 0.6) is 0 Å². The summed E-state index contributed by atoms with van der Waals surface area (Å²) < 4.78 is 0. The van der Waals surface area contributed by atoms with Gasteiger partial charge in [0.05, 0.1) is 0 Å². The molecule has 0 aliphatic rings. The molecule has 1 N–H and O–H groups in total. The van der Waals surface area contributed by atoms with Gasteiger partial charge in [-0.3, -0.25) is 4.79 Å². The van der Waals surface area contributed by atoms with E-state index in [1.807, 2.05) is 43.4 Å². The summed E-state index contributed by atoms with van der Waals surface area (Å²) in [4.78, 5) is 12.0. The highest BCUT2D eigenvalue weighted by Crippen LogP contribution is 2.12. The zero-order valence-electron chi connectivity index (χ0n) is 9.03. The maximum Gasteiger partial charge on any atom is 0.193 e. The summed E-state index contributed by atoms with van der Waals surface area (Å²) in [5, 5.41) is 2.97. The number of nitrogens with one attached hydrogen (secondary N) is 1. The van der Waals surface area contributed by atoms with Crippen molar-refractivity contribution in [2.75, 3.05) is 12.4 Å². The SMILES string of the molecule is CNc1[c]cc(C(=O)c2ccccc2)cc1. The zero-order valence-corrected chi connectivity index (χ0v) is 9.03. The molecule has 79 valence electrons. The molecule has 0 fully saturated rings. The van der Waals surface area contributed by atoms with Crippen LogP contribution in [-0.4, -0.2) is 12.8 Å². The Morgan fingerprint density at radius 3 is 2.38 bits per heavy atom. The number of benzene rings is 2. The lowest BCUT2D eigenvalue weighted by Crippen LogP contribution is -2.01. The van der Waals surface area contributed by atoms with Gasteiger partial charge < -0.3 is 5.32 Å². The van der Waals surface area contributed by atoms with Crippen molar-refractivity contribution in [2.45, 2.75) is 0 Å². The Bertz CT molecular complexity index is 474. The summed E-state index contributed by atoms with van der Waals surface area (Å²) in [6.45, 7) is 0. The first-order valence-electron chi connectivity index (χ1n) is 5.10. The Morgan fingerprint density at radius 2 is 1.81 bits per heavy atom. The minimum atomic E-state index is 0.0273. The van der Waals surface area contributed by atoms with Crippen LogP contribution in [0.25, 0.3) is 0 Å². The fourth-order valence-electron chi connectivity index (χ4n) is 1.48. The maximum atomic E-state index is 12.0. The van der Waals surface area contributed by atoms with Crippen molar-refractivity contribution >= 4 is 11.5 Å². The molecule has 0 aliphatic heterocycles. The van der Waals surface area contributed by atoms with Crippen molar-refractivity contribution in [1.29, 1.82) is 0 Å². The minimum absolute atomic E-state index is 0.0273. The number of rotatable bonds is 3. The van der Waals surface area contributed by atoms with Crippen molar-refractivity contribution in [3.8, 4) is 0 Å². The van der Waals surface area contributed by atoms with E-state index >= 15 is 0 Å². The number of hydrogen-bond acceptors (Lipinski definition) is 2. The summed E-state index contributed by atoms with van der Waals surface area (Å²) in [7, 11) is 1.82. The third-order valence-corrected chi connectivity index (χ3v) is 2.38. The summed E-state index contributed by atoms with van der Waals surface area (Å²) >= 11 is 0. The molecule has 0 saturated carbocycles. The smallest absolute Gasteiger partial charge is 0.193 e. The predicted octanol–water partition coefficient (Wildman–Crippen LogP) is 2.76. The second kappa shape index (κ2) is 4.62. The topological polar surface area (TPSA) is 29.1 Å². The van der Waals surface area contributed by atoms with E-state index in [0.29, 0.717) is 11.1 Å². The van der Waals surface area contributed by atoms with Gasteiger partial charge in [-0.25, -0.2) is 0 Å². The van der Waals surface area contributed by atoms with Gasteiger partial charge in [0.2, 0.25) is 0 Å². The molecule has 0 spiro atoms. The first-order chi connectivity index (χ1) is 7.81. The molecule has 16 heavy (non-hydrogen) atoms. The summed E-state index contributed by atoms with van der Waals surface area (Å²) in [6, 6.07) is 17.6. The van der Waals surface area contributed by atoms with Crippen molar-refractivity contribution in [3.63, 3.8) is 0 Å².